The first-order valence-electron chi connectivity index (χ1n) is 6.47. The van der Waals surface area contributed by atoms with Crippen LogP contribution in [0.15, 0.2) is 46.9 Å². The molecule has 0 aliphatic rings. The molecule has 1 unspecified atom stereocenters. The van der Waals surface area contributed by atoms with Crippen LogP contribution < -0.4 is 10.5 Å². The van der Waals surface area contributed by atoms with Gasteiger partial charge in [-0.15, -0.1) is 0 Å². The highest BCUT2D eigenvalue weighted by Crippen LogP contribution is 2.30. The van der Waals surface area contributed by atoms with Crippen LogP contribution in [0, 0.1) is 0 Å². The molecule has 0 saturated carbocycles. The predicted molar refractivity (Wildman–Crippen MR) is 87.3 cm³/mol. The molecule has 0 saturated heterocycles. The van der Waals surface area contributed by atoms with E-state index in [0.29, 0.717) is 11.6 Å². The Morgan fingerprint density at radius 2 is 1.85 bits per heavy atom. The molecule has 0 radical (unpaired) electrons. The van der Waals surface area contributed by atoms with Crippen molar-refractivity contribution in [1.82, 2.24) is 0 Å². The third-order valence-corrected chi connectivity index (χ3v) is 3.99. The number of hydrogen-bond acceptors (Lipinski definition) is 2. The van der Waals surface area contributed by atoms with Crippen LogP contribution in [0.4, 0.5) is 0 Å². The van der Waals surface area contributed by atoms with E-state index in [4.69, 9.17) is 22.1 Å². The molecular formula is C16H17BrClNO. The summed E-state index contributed by atoms with van der Waals surface area (Å²) >= 11 is 9.76. The molecule has 0 fully saturated rings. The molecule has 1 atom stereocenters. The maximum Gasteiger partial charge on any atom is 0.141 e. The molecule has 0 bridgehead atoms. The smallest absolute Gasteiger partial charge is 0.141 e. The van der Waals surface area contributed by atoms with Crippen LogP contribution in [0.3, 0.4) is 0 Å². The fourth-order valence-electron chi connectivity index (χ4n) is 1.99. The van der Waals surface area contributed by atoms with Crippen molar-refractivity contribution in [3.63, 3.8) is 0 Å². The van der Waals surface area contributed by atoms with Gasteiger partial charge in [0.05, 0.1) is 5.02 Å². The normalized spacial score (nSPS) is 12.2. The molecule has 0 aromatic heterocycles. The zero-order valence-electron chi connectivity index (χ0n) is 11.3. The standard InChI is InChI=1S/C16H17BrClNO/c1-11(19)9-12-6-4-8-15(18)16(12)20-10-13-5-2-3-7-14(13)17/h2-8,11H,9-10,19H2,1H3. The topological polar surface area (TPSA) is 35.2 Å². The lowest BCUT2D eigenvalue weighted by atomic mass is 10.1. The Morgan fingerprint density at radius 1 is 1.15 bits per heavy atom. The molecule has 2 aromatic carbocycles. The number of halogens is 2. The van der Waals surface area contributed by atoms with Crippen molar-refractivity contribution in [2.24, 2.45) is 5.73 Å². The summed E-state index contributed by atoms with van der Waals surface area (Å²) in [5.74, 6) is 0.724. The maximum atomic E-state index is 6.24. The van der Waals surface area contributed by atoms with E-state index < -0.39 is 0 Å². The molecule has 0 heterocycles. The largest absolute Gasteiger partial charge is 0.487 e. The molecule has 2 aromatic rings. The first-order valence-corrected chi connectivity index (χ1v) is 7.64. The Hall–Kier alpha value is -1.03. The van der Waals surface area contributed by atoms with Gasteiger partial charge in [-0.05, 0) is 31.0 Å². The maximum absolute atomic E-state index is 6.24. The summed E-state index contributed by atoms with van der Waals surface area (Å²) in [4.78, 5) is 0. The number of para-hydroxylation sites is 1. The van der Waals surface area contributed by atoms with E-state index in [1.54, 1.807) is 0 Å². The summed E-state index contributed by atoms with van der Waals surface area (Å²) < 4.78 is 6.95. The number of ether oxygens (including phenoxy) is 1. The molecule has 0 aliphatic heterocycles. The van der Waals surface area contributed by atoms with E-state index in [9.17, 15) is 0 Å². The van der Waals surface area contributed by atoms with Gasteiger partial charge in [-0.2, -0.15) is 0 Å². The lowest BCUT2D eigenvalue weighted by molar-refractivity contribution is 0.302. The average Bonchev–Trinajstić information content (AvgIpc) is 2.39. The second-order valence-corrected chi connectivity index (χ2v) is 6.05. The van der Waals surface area contributed by atoms with E-state index in [-0.39, 0.29) is 6.04 Å². The highest BCUT2D eigenvalue weighted by molar-refractivity contribution is 9.10. The summed E-state index contributed by atoms with van der Waals surface area (Å²) in [5.41, 5.74) is 7.99. The molecule has 106 valence electrons. The van der Waals surface area contributed by atoms with E-state index in [2.05, 4.69) is 15.9 Å². The van der Waals surface area contributed by atoms with Gasteiger partial charge in [0.1, 0.15) is 12.4 Å². The monoisotopic (exact) mass is 353 g/mol. The van der Waals surface area contributed by atoms with Crippen LogP contribution in [0.5, 0.6) is 5.75 Å². The highest BCUT2D eigenvalue weighted by Gasteiger charge is 2.11. The first kappa shape index (κ1) is 15.4. The predicted octanol–water partition coefficient (Wildman–Crippen LogP) is 4.57. The van der Waals surface area contributed by atoms with Crippen LogP contribution in [-0.2, 0) is 13.0 Å². The molecule has 2 nitrogen and oxygen atoms in total. The van der Waals surface area contributed by atoms with E-state index >= 15 is 0 Å². The molecule has 0 amide bonds. The zero-order chi connectivity index (χ0) is 14.5. The van der Waals surface area contributed by atoms with Crippen molar-refractivity contribution in [1.29, 1.82) is 0 Å². The number of rotatable bonds is 5. The molecule has 0 aliphatic carbocycles. The number of benzene rings is 2. The van der Waals surface area contributed by atoms with Crippen molar-refractivity contribution < 1.29 is 4.74 Å². The summed E-state index contributed by atoms with van der Waals surface area (Å²) in [7, 11) is 0. The summed E-state index contributed by atoms with van der Waals surface area (Å²) in [5, 5.41) is 0.621. The highest BCUT2D eigenvalue weighted by atomic mass is 79.9. The van der Waals surface area contributed by atoms with E-state index in [1.165, 1.54) is 0 Å². The number of nitrogens with two attached hydrogens (primary N) is 1. The molecule has 0 spiro atoms. The fraction of sp³-hybridized carbons (Fsp3) is 0.250. The van der Waals surface area contributed by atoms with Gasteiger partial charge in [0.25, 0.3) is 0 Å². The van der Waals surface area contributed by atoms with Crippen molar-refractivity contribution >= 4 is 27.5 Å². The Kier molecular flexibility index (Phi) is 5.46. The number of hydrogen-bond donors (Lipinski definition) is 1. The third-order valence-electron chi connectivity index (χ3n) is 2.92. The Labute approximate surface area is 133 Å². The lowest BCUT2D eigenvalue weighted by Crippen LogP contribution is -2.18. The van der Waals surface area contributed by atoms with Crippen molar-refractivity contribution in [2.45, 2.75) is 26.0 Å². The van der Waals surface area contributed by atoms with Gasteiger partial charge in [-0.25, -0.2) is 0 Å². The van der Waals surface area contributed by atoms with Gasteiger partial charge in [-0.1, -0.05) is 57.9 Å². The van der Waals surface area contributed by atoms with Gasteiger partial charge in [0.15, 0.2) is 0 Å². The van der Waals surface area contributed by atoms with Crippen LogP contribution in [0.1, 0.15) is 18.1 Å². The molecule has 2 N–H and O–H groups in total. The van der Waals surface area contributed by atoms with Crippen molar-refractivity contribution in [3.8, 4) is 5.75 Å². The molecule has 2 rings (SSSR count). The van der Waals surface area contributed by atoms with Crippen LogP contribution in [0.25, 0.3) is 0 Å². The molecule has 4 heteroatoms. The summed E-state index contributed by atoms with van der Waals surface area (Å²) in [6.45, 7) is 2.44. The van der Waals surface area contributed by atoms with Crippen LogP contribution >= 0.6 is 27.5 Å². The van der Waals surface area contributed by atoms with Gasteiger partial charge in [-0.3, -0.25) is 0 Å². The van der Waals surface area contributed by atoms with Gasteiger partial charge in [0.2, 0.25) is 0 Å². The Morgan fingerprint density at radius 3 is 2.55 bits per heavy atom. The van der Waals surface area contributed by atoms with Gasteiger partial charge < -0.3 is 10.5 Å². The Bertz CT molecular complexity index is 586. The molecular weight excluding hydrogens is 338 g/mol. The molecule has 20 heavy (non-hydrogen) atoms. The van der Waals surface area contributed by atoms with Crippen molar-refractivity contribution in [3.05, 3.63) is 63.1 Å². The summed E-state index contributed by atoms with van der Waals surface area (Å²) in [6, 6.07) is 13.8. The third kappa shape index (κ3) is 3.98. The van der Waals surface area contributed by atoms with E-state index in [0.717, 1.165) is 27.8 Å². The Balaban J connectivity index is 2.18. The quantitative estimate of drug-likeness (QED) is 0.853. The minimum atomic E-state index is 0.0688. The van der Waals surface area contributed by atoms with Crippen LogP contribution in [-0.4, -0.2) is 6.04 Å². The lowest BCUT2D eigenvalue weighted by Gasteiger charge is -2.15. The minimum absolute atomic E-state index is 0.0688. The minimum Gasteiger partial charge on any atom is -0.487 e. The second kappa shape index (κ2) is 7.11. The SMILES string of the molecule is CC(N)Cc1cccc(Cl)c1OCc1ccccc1Br. The zero-order valence-corrected chi connectivity index (χ0v) is 13.6. The van der Waals surface area contributed by atoms with E-state index in [1.807, 2.05) is 49.4 Å². The van der Waals surface area contributed by atoms with Gasteiger partial charge >= 0.3 is 0 Å². The fourth-order valence-corrected chi connectivity index (χ4v) is 2.64. The second-order valence-electron chi connectivity index (χ2n) is 4.79. The summed E-state index contributed by atoms with van der Waals surface area (Å²) in [6.07, 6.45) is 0.742. The van der Waals surface area contributed by atoms with Gasteiger partial charge in [0, 0.05) is 16.1 Å². The van der Waals surface area contributed by atoms with Crippen molar-refractivity contribution in [2.75, 3.05) is 0 Å². The first-order chi connectivity index (χ1) is 9.58. The average molecular weight is 355 g/mol. The van der Waals surface area contributed by atoms with Crippen LogP contribution in [0.2, 0.25) is 5.02 Å².